The Morgan fingerprint density at radius 1 is 1.33 bits per heavy atom. The maximum absolute atomic E-state index is 12.9. The average Bonchev–Trinajstić information content (AvgIpc) is 2.37. The molecule has 0 radical (unpaired) electrons. The van der Waals surface area contributed by atoms with Crippen LogP contribution >= 0.6 is 0 Å². The van der Waals surface area contributed by atoms with Crippen molar-refractivity contribution < 1.29 is 19.0 Å². The highest BCUT2D eigenvalue weighted by Gasteiger charge is 2.05. The molecule has 0 amide bonds. The maximum Gasteiger partial charge on any atom is 0.356 e. The second-order valence-corrected chi connectivity index (χ2v) is 3.44. The normalized spacial score (nSPS) is 10.1. The van der Waals surface area contributed by atoms with Crippen LogP contribution in [0.15, 0.2) is 36.7 Å². The van der Waals surface area contributed by atoms with Gasteiger partial charge in [0.25, 0.3) is 0 Å². The van der Waals surface area contributed by atoms with Gasteiger partial charge in [-0.15, -0.1) is 0 Å². The van der Waals surface area contributed by atoms with Crippen molar-refractivity contribution in [2.45, 2.75) is 6.61 Å². The Kier molecular flexibility index (Phi) is 3.47. The van der Waals surface area contributed by atoms with Crippen LogP contribution in [0, 0.1) is 5.82 Å². The summed E-state index contributed by atoms with van der Waals surface area (Å²) >= 11 is 0. The molecular formula is C12H9FN2O3. The second-order valence-electron chi connectivity index (χ2n) is 3.44. The molecule has 6 heteroatoms. The zero-order valence-electron chi connectivity index (χ0n) is 9.21. The molecule has 1 heterocycles. The fourth-order valence-electron chi connectivity index (χ4n) is 1.25. The Balaban J connectivity index is 2.00. The van der Waals surface area contributed by atoms with Crippen molar-refractivity contribution in [2.24, 2.45) is 0 Å². The number of carboxylic acids is 1. The van der Waals surface area contributed by atoms with Crippen molar-refractivity contribution >= 4 is 5.97 Å². The second kappa shape index (κ2) is 5.22. The molecule has 92 valence electrons. The average molecular weight is 248 g/mol. The molecule has 0 aliphatic rings. The van der Waals surface area contributed by atoms with Crippen LogP contribution in [0.4, 0.5) is 4.39 Å². The standard InChI is InChI=1S/C12H9FN2O3/c13-8-2-1-3-10(4-8)18-7-9-5-15-11(6-14-9)12(16)17/h1-6H,7H2,(H,16,17). The number of carboxylic acid groups (broad SMARTS) is 1. The van der Waals surface area contributed by atoms with E-state index in [0.29, 0.717) is 11.4 Å². The third-order valence-corrected chi connectivity index (χ3v) is 2.11. The number of halogens is 1. The van der Waals surface area contributed by atoms with Gasteiger partial charge in [-0.25, -0.2) is 14.2 Å². The van der Waals surface area contributed by atoms with Crippen LogP contribution in [0.3, 0.4) is 0 Å². The van der Waals surface area contributed by atoms with E-state index in [9.17, 15) is 9.18 Å². The van der Waals surface area contributed by atoms with Crippen molar-refractivity contribution in [3.8, 4) is 5.75 Å². The molecule has 0 fully saturated rings. The van der Waals surface area contributed by atoms with Gasteiger partial charge in [0.15, 0.2) is 5.69 Å². The highest BCUT2D eigenvalue weighted by molar-refractivity contribution is 5.84. The number of benzene rings is 1. The van der Waals surface area contributed by atoms with Crippen molar-refractivity contribution in [1.82, 2.24) is 9.97 Å². The van der Waals surface area contributed by atoms with Gasteiger partial charge >= 0.3 is 5.97 Å². The minimum Gasteiger partial charge on any atom is -0.487 e. The summed E-state index contributed by atoms with van der Waals surface area (Å²) in [5, 5.41) is 8.64. The van der Waals surface area contributed by atoms with Crippen molar-refractivity contribution in [1.29, 1.82) is 0 Å². The Bertz CT molecular complexity index is 558. The van der Waals surface area contributed by atoms with E-state index in [1.165, 1.54) is 24.4 Å². The van der Waals surface area contributed by atoms with Crippen molar-refractivity contribution in [3.05, 3.63) is 53.9 Å². The minimum absolute atomic E-state index is 0.0936. The van der Waals surface area contributed by atoms with Gasteiger partial charge in [0.2, 0.25) is 0 Å². The molecule has 0 atom stereocenters. The lowest BCUT2D eigenvalue weighted by Gasteiger charge is -2.05. The fourth-order valence-corrected chi connectivity index (χ4v) is 1.25. The first kappa shape index (κ1) is 12.0. The van der Waals surface area contributed by atoms with Crippen molar-refractivity contribution in [3.63, 3.8) is 0 Å². The monoisotopic (exact) mass is 248 g/mol. The lowest BCUT2D eigenvalue weighted by Crippen LogP contribution is -2.04. The van der Waals surface area contributed by atoms with E-state index in [2.05, 4.69) is 9.97 Å². The van der Waals surface area contributed by atoms with Gasteiger partial charge in [-0.2, -0.15) is 0 Å². The zero-order chi connectivity index (χ0) is 13.0. The maximum atomic E-state index is 12.9. The molecular weight excluding hydrogens is 239 g/mol. The van der Waals surface area contributed by atoms with Crippen molar-refractivity contribution in [2.75, 3.05) is 0 Å². The number of rotatable bonds is 4. The molecule has 5 nitrogen and oxygen atoms in total. The summed E-state index contributed by atoms with van der Waals surface area (Å²) in [4.78, 5) is 18.1. The number of aromatic nitrogens is 2. The Hall–Kier alpha value is -2.50. The molecule has 0 unspecified atom stereocenters. The Morgan fingerprint density at radius 2 is 2.17 bits per heavy atom. The third kappa shape index (κ3) is 3.00. The van der Waals surface area contributed by atoms with Gasteiger partial charge in [0.05, 0.1) is 18.1 Å². The van der Waals surface area contributed by atoms with Crippen LogP contribution < -0.4 is 4.74 Å². The molecule has 2 rings (SSSR count). The molecule has 0 spiro atoms. The molecule has 0 saturated carbocycles. The summed E-state index contributed by atoms with van der Waals surface area (Å²) in [5.41, 5.74) is 0.328. The number of aromatic carboxylic acids is 1. The van der Waals surface area contributed by atoms with Gasteiger partial charge in [0.1, 0.15) is 18.2 Å². The van der Waals surface area contributed by atoms with Crippen LogP contribution in [0.25, 0.3) is 0 Å². The summed E-state index contributed by atoms with van der Waals surface area (Å²) in [6.45, 7) is 0.0936. The van der Waals surface area contributed by atoms with Gasteiger partial charge in [-0.1, -0.05) is 6.07 Å². The van der Waals surface area contributed by atoms with Crippen LogP contribution in [-0.2, 0) is 6.61 Å². The number of hydrogen-bond acceptors (Lipinski definition) is 4. The SMILES string of the molecule is O=C(O)c1cnc(COc2cccc(F)c2)cn1. The van der Waals surface area contributed by atoms with E-state index in [0.717, 1.165) is 6.20 Å². The summed E-state index contributed by atoms with van der Waals surface area (Å²) < 4.78 is 18.1. The molecule has 1 N–H and O–H groups in total. The van der Waals surface area contributed by atoms with Crippen LogP contribution in [-0.4, -0.2) is 21.0 Å². The molecule has 1 aromatic carbocycles. The Labute approximate surface area is 102 Å². The van der Waals surface area contributed by atoms with Crippen LogP contribution in [0.5, 0.6) is 5.75 Å². The quantitative estimate of drug-likeness (QED) is 0.894. The number of nitrogens with zero attached hydrogens (tertiary/aromatic N) is 2. The zero-order valence-corrected chi connectivity index (χ0v) is 9.21. The first-order valence-electron chi connectivity index (χ1n) is 5.08. The first-order chi connectivity index (χ1) is 8.65. The van der Waals surface area contributed by atoms with E-state index in [1.807, 2.05) is 0 Å². The fraction of sp³-hybridized carbons (Fsp3) is 0.0833. The van der Waals surface area contributed by atoms with E-state index >= 15 is 0 Å². The predicted molar refractivity (Wildman–Crippen MR) is 59.7 cm³/mol. The van der Waals surface area contributed by atoms with Crippen LogP contribution in [0.2, 0.25) is 0 Å². The minimum atomic E-state index is -1.14. The van der Waals surface area contributed by atoms with Gasteiger partial charge < -0.3 is 9.84 Å². The summed E-state index contributed by atoms with van der Waals surface area (Å²) in [5.74, 6) is -1.15. The van der Waals surface area contributed by atoms with E-state index in [-0.39, 0.29) is 18.1 Å². The molecule has 18 heavy (non-hydrogen) atoms. The first-order valence-corrected chi connectivity index (χ1v) is 5.08. The third-order valence-electron chi connectivity index (χ3n) is 2.11. The van der Waals surface area contributed by atoms with E-state index in [4.69, 9.17) is 9.84 Å². The number of hydrogen-bond donors (Lipinski definition) is 1. The number of carbonyl (C=O) groups is 1. The number of ether oxygens (including phenoxy) is 1. The highest BCUT2D eigenvalue weighted by atomic mass is 19.1. The largest absolute Gasteiger partial charge is 0.487 e. The summed E-state index contributed by atoms with van der Waals surface area (Å²) in [6.07, 6.45) is 2.45. The van der Waals surface area contributed by atoms with Gasteiger partial charge in [0, 0.05) is 6.07 Å². The van der Waals surface area contributed by atoms with Gasteiger partial charge in [-0.05, 0) is 12.1 Å². The molecule has 0 aliphatic heterocycles. The summed E-state index contributed by atoms with van der Waals surface area (Å²) in [6, 6.07) is 5.71. The predicted octanol–water partition coefficient (Wildman–Crippen LogP) is 1.89. The highest BCUT2D eigenvalue weighted by Crippen LogP contribution is 2.13. The Morgan fingerprint density at radius 3 is 2.78 bits per heavy atom. The lowest BCUT2D eigenvalue weighted by molar-refractivity contribution is 0.0689. The smallest absolute Gasteiger partial charge is 0.356 e. The molecule has 0 saturated heterocycles. The molecule has 1 aromatic heterocycles. The molecule has 0 bridgehead atoms. The topological polar surface area (TPSA) is 72.3 Å². The lowest BCUT2D eigenvalue weighted by atomic mass is 10.3. The summed E-state index contributed by atoms with van der Waals surface area (Å²) in [7, 11) is 0. The van der Waals surface area contributed by atoms with Crippen LogP contribution in [0.1, 0.15) is 16.2 Å². The molecule has 0 aliphatic carbocycles. The molecule has 2 aromatic rings. The van der Waals surface area contributed by atoms with Gasteiger partial charge in [-0.3, -0.25) is 4.98 Å². The van der Waals surface area contributed by atoms with E-state index < -0.39 is 5.97 Å². The van der Waals surface area contributed by atoms with E-state index in [1.54, 1.807) is 6.07 Å².